The fourth-order valence-corrected chi connectivity index (χ4v) is 3.88. The SMILES string of the molecule is Cc1ccc(C2=C(Nc3cc(Cl)ccc3C)C(=O)N(c3ccc(F)c(Cl)c3)C2=O)cc1C. The Labute approximate surface area is 195 Å². The number of carbonyl (C=O) groups is 2. The molecule has 4 rings (SSSR count). The van der Waals surface area contributed by atoms with Gasteiger partial charge in [0.2, 0.25) is 0 Å². The second kappa shape index (κ2) is 8.41. The normalized spacial score (nSPS) is 13.9. The van der Waals surface area contributed by atoms with Crippen molar-refractivity contribution in [3.63, 3.8) is 0 Å². The summed E-state index contributed by atoms with van der Waals surface area (Å²) in [7, 11) is 0. The lowest BCUT2D eigenvalue weighted by Crippen LogP contribution is -2.32. The van der Waals surface area contributed by atoms with E-state index in [2.05, 4.69) is 5.32 Å². The average molecular weight is 469 g/mol. The van der Waals surface area contributed by atoms with E-state index in [4.69, 9.17) is 23.2 Å². The molecule has 0 atom stereocenters. The van der Waals surface area contributed by atoms with E-state index in [1.807, 2.05) is 39.0 Å². The third kappa shape index (κ3) is 3.90. The molecule has 0 spiro atoms. The van der Waals surface area contributed by atoms with Gasteiger partial charge in [0.25, 0.3) is 11.8 Å². The second-order valence-electron chi connectivity index (χ2n) is 7.68. The van der Waals surface area contributed by atoms with Crippen LogP contribution in [0.15, 0.2) is 60.3 Å². The van der Waals surface area contributed by atoms with Gasteiger partial charge >= 0.3 is 0 Å². The molecule has 3 aromatic rings. The Bertz CT molecular complexity index is 1320. The summed E-state index contributed by atoms with van der Waals surface area (Å²) in [5.74, 6) is -1.72. The highest BCUT2D eigenvalue weighted by Crippen LogP contribution is 2.36. The number of nitrogens with one attached hydrogen (secondary N) is 1. The van der Waals surface area contributed by atoms with Gasteiger partial charge in [-0.1, -0.05) is 47.5 Å². The van der Waals surface area contributed by atoms with E-state index in [0.717, 1.165) is 27.7 Å². The molecule has 3 aromatic carbocycles. The van der Waals surface area contributed by atoms with Crippen LogP contribution in [-0.2, 0) is 9.59 Å². The molecule has 0 unspecified atom stereocenters. The molecule has 1 aliphatic heterocycles. The van der Waals surface area contributed by atoms with Gasteiger partial charge in [0.1, 0.15) is 11.5 Å². The van der Waals surface area contributed by atoms with Gasteiger partial charge in [-0.3, -0.25) is 9.59 Å². The van der Waals surface area contributed by atoms with Crippen molar-refractivity contribution in [2.45, 2.75) is 20.8 Å². The summed E-state index contributed by atoms with van der Waals surface area (Å²) in [6.45, 7) is 5.77. The van der Waals surface area contributed by atoms with Gasteiger partial charge < -0.3 is 5.32 Å². The number of hydrogen-bond acceptors (Lipinski definition) is 3. The molecule has 2 amide bonds. The minimum absolute atomic E-state index is 0.115. The quantitative estimate of drug-likeness (QED) is 0.447. The molecule has 32 heavy (non-hydrogen) atoms. The molecule has 162 valence electrons. The topological polar surface area (TPSA) is 49.4 Å². The van der Waals surface area contributed by atoms with Crippen LogP contribution < -0.4 is 10.2 Å². The summed E-state index contributed by atoms with van der Waals surface area (Å²) in [4.78, 5) is 28.0. The van der Waals surface area contributed by atoms with E-state index in [-0.39, 0.29) is 22.0 Å². The number of rotatable bonds is 4. The minimum Gasteiger partial charge on any atom is -0.350 e. The van der Waals surface area contributed by atoms with Gasteiger partial charge in [-0.25, -0.2) is 9.29 Å². The van der Waals surface area contributed by atoms with Gasteiger partial charge in [0.15, 0.2) is 0 Å². The number of halogens is 3. The number of benzene rings is 3. The van der Waals surface area contributed by atoms with Gasteiger partial charge in [-0.15, -0.1) is 0 Å². The highest BCUT2D eigenvalue weighted by Gasteiger charge is 2.40. The fourth-order valence-electron chi connectivity index (χ4n) is 3.53. The Hall–Kier alpha value is -3.15. The average Bonchev–Trinajstić information content (AvgIpc) is 2.99. The first kappa shape index (κ1) is 22.1. The van der Waals surface area contributed by atoms with E-state index in [0.29, 0.717) is 16.3 Å². The van der Waals surface area contributed by atoms with Crippen molar-refractivity contribution in [1.82, 2.24) is 0 Å². The van der Waals surface area contributed by atoms with E-state index in [1.54, 1.807) is 18.2 Å². The molecule has 0 aliphatic carbocycles. The first-order valence-corrected chi connectivity index (χ1v) is 10.6. The fraction of sp³-hybridized carbons (Fsp3) is 0.120. The molecule has 1 N–H and O–H groups in total. The maximum Gasteiger partial charge on any atom is 0.282 e. The molecule has 0 saturated carbocycles. The number of amides is 2. The number of imide groups is 1. The number of carbonyl (C=O) groups excluding carboxylic acids is 2. The van der Waals surface area contributed by atoms with Crippen LogP contribution >= 0.6 is 23.2 Å². The second-order valence-corrected chi connectivity index (χ2v) is 8.52. The van der Waals surface area contributed by atoms with Crippen molar-refractivity contribution in [3.8, 4) is 0 Å². The number of hydrogen-bond donors (Lipinski definition) is 1. The van der Waals surface area contributed by atoms with Crippen molar-refractivity contribution in [2.75, 3.05) is 10.2 Å². The molecule has 1 heterocycles. The predicted molar refractivity (Wildman–Crippen MR) is 127 cm³/mol. The van der Waals surface area contributed by atoms with E-state index in [9.17, 15) is 14.0 Å². The molecule has 0 fully saturated rings. The zero-order valence-electron chi connectivity index (χ0n) is 17.6. The highest BCUT2D eigenvalue weighted by molar-refractivity contribution is 6.46. The van der Waals surface area contributed by atoms with Crippen LogP contribution in [0.25, 0.3) is 5.57 Å². The van der Waals surface area contributed by atoms with Crippen molar-refractivity contribution < 1.29 is 14.0 Å². The van der Waals surface area contributed by atoms with E-state index < -0.39 is 17.6 Å². The van der Waals surface area contributed by atoms with Crippen LogP contribution in [0.1, 0.15) is 22.3 Å². The smallest absolute Gasteiger partial charge is 0.282 e. The molecular formula is C25H19Cl2FN2O2. The Morgan fingerprint density at radius 1 is 0.812 bits per heavy atom. The molecule has 0 radical (unpaired) electrons. The molecule has 0 aromatic heterocycles. The number of anilines is 2. The van der Waals surface area contributed by atoms with Crippen LogP contribution in [0.5, 0.6) is 0 Å². The maximum atomic E-state index is 13.7. The zero-order chi connectivity index (χ0) is 23.2. The van der Waals surface area contributed by atoms with Gasteiger partial charge in [0, 0.05) is 10.7 Å². The molecule has 0 bridgehead atoms. The standard InChI is InChI=1S/C25H19Cl2FN2O2/c1-13-4-6-16(10-15(13)3)22-23(29-21-11-17(26)7-5-14(21)2)25(32)30(24(22)31)18-8-9-20(28)19(27)12-18/h4-12,29H,1-3H3. The van der Waals surface area contributed by atoms with Crippen LogP contribution in [-0.4, -0.2) is 11.8 Å². The van der Waals surface area contributed by atoms with Crippen molar-refractivity contribution >= 4 is 52.0 Å². The number of nitrogens with zero attached hydrogens (tertiary/aromatic N) is 1. The summed E-state index contributed by atoms with van der Waals surface area (Å²) < 4.78 is 13.7. The monoisotopic (exact) mass is 468 g/mol. The van der Waals surface area contributed by atoms with E-state index >= 15 is 0 Å². The zero-order valence-corrected chi connectivity index (χ0v) is 19.1. The summed E-state index contributed by atoms with van der Waals surface area (Å²) in [5, 5.41) is 3.43. The Kier molecular flexibility index (Phi) is 5.80. The van der Waals surface area contributed by atoms with E-state index in [1.165, 1.54) is 12.1 Å². The van der Waals surface area contributed by atoms with Crippen LogP contribution in [0, 0.1) is 26.6 Å². The highest BCUT2D eigenvalue weighted by atomic mass is 35.5. The van der Waals surface area contributed by atoms with Crippen molar-refractivity contribution in [3.05, 3.63) is 98.4 Å². The van der Waals surface area contributed by atoms with Crippen LogP contribution in [0.2, 0.25) is 10.0 Å². The molecule has 0 saturated heterocycles. The third-order valence-electron chi connectivity index (χ3n) is 5.50. The van der Waals surface area contributed by atoms with Crippen LogP contribution in [0.3, 0.4) is 0 Å². The van der Waals surface area contributed by atoms with Gasteiger partial charge in [0.05, 0.1) is 16.3 Å². The lowest BCUT2D eigenvalue weighted by molar-refractivity contribution is -0.120. The van der Waals surface area contributed by atoms with Gasteiger partial charge in [-0.2, -0.15) is 0 Å². The Morgan fingerprint density at radius 3 is 2.22 bits per heavy atom. The Balaban J connectivity index is 1.88. The molecule has 4 nitrogen and oxygen atoms in total. The maximum absolute atomic E-state index is 13.7. The molecular weight excluding hydrogens is 450 g/mol. The lowest BCUT2D eigenvalue weighted by atomic mass is 9.99. The summed E-state index contributed by atoms with van der Waals surface area (Å²) in [6, 6.07) is 14.6. The molecule has 7 heteroatoms. The first-order chi connectivity index (χ1) is 15.2. The van der Waals surface area contributed by atoms with Crippen molar-refractivity contribution in [1.29, 1.82) is 0 Å². The molecule has 1 aliphatic rings. The summed E-state index contributed by atoms with van der Waals surface area (Å²) >= 11 is 12.1. The Morgan fingerprint density at radius 2 is 1.53 bits per heavy atom. The number of aryl methyl sites for hydroxylation is 3. The predicted octanol–water partition coefficient (Wildman–Crippen LogP) is 6.45. The van der Waals surface area contributed by atoms with Crippen molar-refractivity contribution in [2.24, 2.45) is 0 Å². The largest absolute Gasteiger partial charge is 0.350 e. The first-order valence-electron chi connectivity index (χ1n) is 9.86. The summed E-state index contributed by atoms with van der Waals surface area (Å²) in [5.41, 5.74) is 4.63. The van der Waals surface area contributed by atoms with Gasteiger partial charge in [-0.05, 0) is 73.4 Å². The lowest BCUT2D eigenvalue weighted by Gasteiger charge is -2.16. The van der Waals surface area contributed by atoms with Crippen LogP contribution in [0.4, 0.5) is 15.8 Å². The summed E-state index contributed by atoms with van der Waals surface area (Å²) in [6.07, 6.45) is 0. The third-order valence-corrected chi connectivity index (χ3v) is 6.02. The minimum atomic E-state index is -0.634.